The van der Waals surface area contributed by atoms with Crippen molar-refractivity contribution in [3.63, 3.8) is 0 Å². The Morgan fingerprint density at radius 1 is 1.04 bits per heavy atom. The van der Waals surface area contributed by atoms with Crippen molar-refractivity contribution in [2.24, 2.45) is 0 Å². The molecule has 0 atom stereocenters. The summed E-state index contributed by atoms with van der Waals surface area (Å²) >= 11 is 0. The number of rotatable bonds is 6. The molecule has 1 amide bonds. The van der Waals surface area contributed by atoms with Gasteiger partial charge in [-0.05, 0) is 47.2 Å². The van der Waals surface area contributed by atoms with Crippen molar-refractivity contribution >= 4 is 17.7 Å². The summed E-state index contributed by atoms with van der Waals surface area (Å²) in [7, 11) is 0. The second-order valence-corrected chi connectivity index (χ2v) is 7.42. The van der Waals surface area contributed by atoms with Crippen LogP contribution in [-0.2, 0) is 4.79 Å². The Hall–Kier alpha value is -3.21. The molecule has 0 aliphatic heterocycles. The molecule has 144 valence electrons. The van der Waals surface area contributed by atoms with Gasteiger partial charge in [-0.2, -0.15) is 0 Å². The van der Waals surface area contributed by atoms with E-state index in [1.54, 1.807) is 17.0 Å². The van der Waals surface area contributed by atoms with Crippen molar-refractivity contribution in [2.75, 3.05) is 5.32 Å². The van der Waals surface area contributed by atoms with Gasteiger partial charge in [0.2, 0.25) is 5.91 Å². The number of benzene rings is 2. The van der Waals surface area contributed by atoms with Crippen molar-refractivity contribution in [3.05, 3.63) is 77.6 Å². The van der Waals surface area contributed by atoms with E-state index in [1.165, 1.54) is 5.56 Å². The van der Waals surface area contributed by atoms with Gasteiger partial charge in [-0.3, -0.25) is 4.79 Å². The number of carbonyl (C=O) groups excluding carboxylic acids is 1. The van der Waals surface area contributed by atoms with Crippen LogP contribution in [0.5, 0.6) is 0 Å². The summed E-state index contributed by atoms with van der Waals surface area (Å²) < 4.78 is 1.80. The Balaban J connectivity index is 1.70. The molecule has 1 aromatic heterocycles. The second kappa shape index (κ2) is 8.65. The zero-order chi connectivity index (χ0) is 20.1. The van der Waals surface area contributed by atoms with E-state index in [9.17, 15) is 4.79 Å². The molecule has 0 saturated carbocycles. The van der Waals surface area contributed by atoms with Gasteiger partial charge >= 0.3 is 0 Å². The molecule has 2 aromatic carbocycles. The van der Waals surface area contributed by atoms with Gasteiger partial charge in [0.05, 0.1) is 17.6 Å². The molecular weight excluding hydrogens is 348 g/mol. The summed E-state index contributed by atoms with van der Waals surface area (Å²) in [6, 6.07) is 15.8. The fourth-order valence-corrected chi connectivity index (χ4v) is 2.90. The van der Waals surface area contributed by atoms with Crippen LogP contribution in [0.2, 0.25) is 0 Å². The summed E-state index contributed by atoms with van der Waals surface area (Å²) in [6.45, 7) is 8.52. The monoisotopic (exact) mass is 374 g/mol. The first-order chi connectivity index (χ1) is 13.4. The number of carbonyl (C=O) groups is 1. The Labute approximate surface area is 166 Å². The minimum absolute atomic E-state index is 0.173. The molecule has 0 radical (unpaired) electrons. The van der Waals surface area contributed by atoms with Crippen LogP contribution in [0.3, 0.4) is 0 Å². The van der Waals surface area contributed by atoms with Crippen LogP contribution in [-0.4, -0.2) is 20.9 Å². The third-order valence-electron chi connectivity index (χ3n) is 4.56. The zero-order valence-corrected chi connectivity index (χ0v) is 16.8. The number of nitrogens with one attached hydrogen (secondary N) is 1. The highest BCUT2D eigenvalue weighted by atomic mass is 16.1. The Kier molecular flexibility index (Phi) is 6.04. The van der Waals surface area contributed by atoms with Gasteiger partial charge in [0.15, 0.2) is 0 Å². The van der Waals surface area contributed by atoms with Crippen LogP contribution in [0, 0.1) is 0 Å². The largest absolute Gasteiger partial charge is 0.322 e. The van der Waals surface area contributed by atoms with E-state index in [0.29, 0.717) is 17.5 Å². The van der Waals surface area contributed by atoms with Gasteiger partial charge in [0.1, 0.15) is 0 Å². The fraction of sp³-hybridized carbons (Fsp3) is 0.261. The molecule has 3 rings (SSSR count). The molecule has 28 heavy (non-hydrogen) atoms. The molecule has 0 bridgehead atoms. The minimum Gasteiger partial charge on any atom is -0.322 e. The number of anilines is 1. The van der Waals surface area contributed by atoms with E-state index in [4.69, 9.17) is 0 Å². The van der Waals surface area contributed by atoms with Gasteiger partial charge in [0.25, 0.3) is 0 Å². The predicted molar refractivity (Wildman–Crippen MR) is 114 cm³/mol. The first-order valence-electron chi connectivity index (χ1n) is 9.54. The van der Waals surface area contributed by atoms with E-state index in [2.05, 4.69) is 55.5 Å². The highest BCUT2D eigenvalue weighted by Gasteiger charge is 2.10. The smallest absolute Gasteiger partial charge is 0.248 e. The molecule has 0 saturated heterocycles. The summed E-state index contributed by atoms with van der Waals surface area (Å²) in [5.41, 5.74) is 4.89. The van der Waals surface area contributed by atoms with Crippen molar-refractivity contribution < 1.29 is 4.79 Å². The number of aromatic nitrogens is 3. The lowest BCUT2D eigenvalue weighted by molar-refractivity contribution is -0.111. The third-order valence-corrected chi connectivity index (χ3v) is 4.56. The third kappa shape index (κ3) is 4.74. The van der Waals surface area contributed by atoms with Crippen LogP contribution in [0.1, 0.15) is 56.4 Å². The Morgan fingerprint density at radius 3 is 2.46 bits per heavy atom. The maximum atomic E-state index is 12.3. The molecule has 5 nitrogen and oxygen atoms in total. The number of hydrogen-bond acceptors (Lipinski definition) is 3. The molecule has 0 spiro atoms. The topological polar surface area (TPSA) is 59.8 Å². The molecule has 0 unspecified atom stereocenters. The van der Waals surface area contributed by atoms with Crippen LogP contribution in [0.25, 0.3) is 11.8 Å². The van der Waals surface area contributed by atoms with Crippen molar-refractivity contribution in [3.8, 4) is 5.69 Å². The van der Waals surface area contributed by atoms with Gasteiger partial charge in [-0.1, -0.05) is 63.2 Å². The van der Waals surface area contributed by atoms with Crippen LogP contribution in [0.15, 0.2) is 60.8 Å². The first kappa shape index (κ1) is 19.5. The normalized spacial score (nSPS) is 11.5. The van der Waals surface area contributed by atoms with E-state index >= 15 is 0 Å². The number of nitrogens with zero attached hydrogens (tertiary/aromatic N) is 3. The summed E-state index contributed by atoms with van der Waals surface area (Å²) in [4.78, 5) is 12.3. The first-order valence-corrected chi connectivity index (χ1v) is 9.54. The van der Waals surface area contributed by atoms with Crippen molar-refractivity contribution in [1.29, 1.82) is 0 Å². The highest BCUT2D eigenvalue weighted by Crippen LogP contribution is 2.20. The lowest BCUT2D eigenvalue weighted by Gasteiger charge is -2.10. The second-order valence-electron chi connectivity index (χ2n) is 7.42. The summed E-state index contributed by atoms with van der Waals surface area (Å²) in [5.74, 6) is 0.626. The quantitative estimate of drug-likeness (QED) is 0.606. The van der Waals surface area contributed by atoms with Crippen LogP contribution in [0.4, 0.5) is 5.69 Å². The number of hydrogen-bond donors (Lipinski definition) is 1. The molecule has 0 aliphatic rings. The Morgan fingerprint density at radius 2 is 1.79 bits per heavy atom. The van der Waals surface area contributed by atoms with Gasteiger partial charge in [-0.25, -0.2) is 4.68 Å². The molecule has 0 aliphatic carbocycles. The zero-order valence-electron chi connectivity index (χ0n) is 16.8. The Bertz CT molecular complexity index is 968. The van der Waals surface area contributed by atoms with E-state index < -0.39 is 0 Å². The number of amides is 1. The van der Waals surface area contributed by atoms with Crippen LogP contribution >= 0.6 is 0 Å². The maximum absolute atomic E-state index is 12.3. The summed E-state index contributed by atoms with van der Waals surface area (Å²) in [5, 5.41) is 11.1. The minimum atomic E-state index is -0.173. The predicted octanol–water partition coefficient (Wildman–Crippen LogP) is 5.17. The van der Waals surface area contributed by atoms with Gasteiger partial charge in [0, 0.05) is 11.8 Å². The molecule has 0 fully saturated rings. The van der Waals surface area contributed by atoms with E-state index in [-0.39, 0.29) is 5.91 Å². The summed E-state index contributed by atoms with van der Waals surface area (Å²) in [6.07, 6.45) is 5.13. The average Bonchev–Trinajstić information content (AvgIpc) is 3.17. The highest BCUT2D eigenvalue weighted by molar-refractivity contribution is 6.02. The molecule has 5 heteroatoms. The molecule has 1 heterocycles. The maximum Gasteiger partial charge on any atom is 0.248 e. The van der Waals surface area contributed by atoms with E-state index in [0.717, 1.165) is 16.9 Å². The standard InChI is InChI=1S/C23H26N4O/c1-16(2)19-11-8-18(9-12-19)10-13-23(28)25-20-6-5-7-21(14-20)27-22(17(3)4)15-24-26-27/h5-17H,1-4H3,(H,25,28)/b13-10+. The average molecular weight is 374 g/mol. The molecule has 1 N–H and O–H groups in total. The lowest BCUT2D eigenvalue weighted by Crippen LogP contribution is -2.09. The fourth-order valence-electron chi connectivity index (χ4n) is 2.90. The van der Waals surface area contributed by atoms with Crippen molar-refractivity contribution in [1.82, 2.24) is 15.0 Å². The molecule has 3 aromatic rings. The van der Waals surface area contributed by atoms with E-state index in [1.807, 2.05) is 42.5 Å². The van der Waals surface area contributed by atoms with Gasteiger partial charge in [-0.15, -0.1) is 5.10 Å². The van der Waals surface area contributed by atoms with Gasteiger partial charge < -0.3 is 5.32 Å². The molecular formula is C23H26N4O. The SMILES string of the molecule is CC(C)c1ccc(/C=C/C(=O)Nc2cccc(-n3nncc3C(C)C)c2)cc1. The van der Waals surface area contributed by atoms with Crippen LogP contribution < -0.4 is 5.32 Å². The lowest BCUT2D eigenvalue weighted by atomic mass is 10.0. The van der Waals surface area contributed by atoms with Crippen molar-refractivity contribution in [2.45, 2.75) is 39.5 Å².